The second-order valence-corrected chi connectivity index (χ2v) is 5.21. The van der Waals surface area contributed by atoms with Crippen molar-refractivity contribution in [3.63, 3.8) is 0 Å². The Morgan fingerprint density at radius 2 is 1.86 bits per heavy atom. The molecule has 0 heterocycles. The van der Waals surface area contributed by atoms with E-state index in [9.17, 15) is 18.0 Å². The predicted octanol–water partition coefficient (Wildman–Crippen LogP) is 3.78. The highest BCUT2D eigenvalue weighted by Crippen LogP contribution is 2.27. The fraction of sp³-hybridized carbons (Fsp3) is 0.533. The Morgan fingerprint density at radius 3 is 2.52 bits per heavy atom. The molecular formula is C15H18F3NO2. The quantitative estimate of drug-likeness (QED) is 0.919. The molecule has 1 N–H and O–H groups in total. The number of amides is 1. The van der Waals surface area contributed by atoms with Crippen molar-refractivity contribution in [3.05, 3.63) is 29.8 Å². The molecule has 1 aliphatic rings. The first-order valence-corrected chi connectivity index (χ1v) is 7.07. The van der Waals surface area contributed by atoms with Crippen LogP contribution in [-0.2, 0) is 11.3 Å². The van der Waals surface area contributed by atoms with E-state index in [0.717, 1.165) is 32.1 Å². The number of alkyl halides is 3. The summed E-state index contributed by atoms with van der Waals surface area (Å²) < 4.78 is 40.9. The molecule has 6 heteroatoms. The Hall–Kier alpha value is -1.72. The molecule has 0 saturated heterocycles. The summed E-state index contributed by atoms with van der Waals surface area (Å²) >= 11 is 0. The zero-order valence-electron chi connectivity index (χ0n) is 11.6. The van der Waals surface area contributed by atoms with E-state index in [1.807, 2.05) is 0 Å². The molecule has 0 aromatic heterocycles. The zero-order chi connectivity index (χ0) is 15.3. The van der Waals surface area contributed by atoms with Crippen molar-refractivity contribution in [2.75, 3.05) is 0 Å². The van der Waals surface area contributed by atoms with Crippen LogP contribution in [0.5, 0.6) is 5.75 Å². The van der Waals surface area contributed by atoms with Gasteiger partial charge in [0.15, 0.2) is 0 Å². The Balaban J connectivity index is 1.94. The Morgan fingerprint density at radius 1 is 1.19 bits per heavy atom. The molecule has 0 unspecified atom stereocenters. The molecule has 1 aliphatic carbocycles. The van der Waals surface area contributed by atoms with Crippen LogP contribution in [0.4, 0.5) is 13.2 Å². The van der Waals surface area contributed by atoms with Gasteiger partial charge in [0.1, 0.15) is 5.75 Å². The van der Waals surface area contributed by atoms with E-state index in [-0.39, 0.29) is 24.1 Å². The van der Waals surface area contributed by atoms with Gasteiger partial charge in [-0.1, -0.05) is 37.5 Å². The minimum absolute atomic E-state index is 0.0190. The number of halogens is 3. The highest BCUT2D eigenvalue weighted by atomic mass is 19.4. The van der Waals surface area contributed by atoms with Crippen LogP contribution < -0.4 is 10.1 Å². The van der Waals surface area contributed by atoms with Gasteiger partial charge in [-0.15, -0.1) is 13.2 Å². The molecular weight excluding hydrogens is 283 g/mol. The number of benzene rings is 1. The van der Waals surface area contributed by atoms with Crippen LogP contribution in [0.3, 0.4) is 0 Å². The smallest absolute Gasteiger partial charge is 0.405 e. The van der Waals surface area contributed by atoms with Gasteiger partial charge in [0, 0.05) is 18.0 Å². The van der Waals surface area contributed by atoms with E-state index < -0.39 is 6.36 Å². The molecule has 116 valence electrons. The van der Waals surface area contributed by atoms with Crippen molar-refractivity contribution in [2.45, 2.75) is 45.0 Å². The van der Waals surface area contributed by atoms with Gasteiger partial charge in [0.2, 0.25) is 5.91 Å². The van der Waals surface area contributed by atoms with Crippen molar-refractivity contribution in [1.82, 2.24) is 5.32 Å². The van der Waals surface area contributed by atoms with Gasteiger partial charge in [-0.25, -0.2) is 0 Å². The van der Waals surface area contributed by atoms with Crippen molar-refractivity contribution >= 4 is 5.91 Å². The molecule has 21 heavy (non-hydrogen) atoms. The normalized spacial score (nSPS) is 16.5. The molecule has 2 rings (SSSR count). The van der Waals surface area contributed by atoms with E-state index in [1.54, 1.807) is 6.07 Å². The van der Waals surface area contributed by atoms with Crippen molar-refractivity contribution < 1.29 is 22.7 Å². The molecule has 1 aromatic rings. The standard InChI is InChI=1S/C15H18F3NO2/c16-15(17,18)21-13-9-5-4-8-12(13)10-19-14(20)11-6-2-1-3-7-11/h4-5,8-9,11H,1-3,6-7,10H2,(H,19,20). The average molecular weight is 301 g/mol. The van der Waals surface area contributed by atoms with Gasteiger partial charge >= 0.3 is 6.36 Å². The highest BCUT2D eigenvalue weighted by Gasteiger charge is 2.32. The van der Waals surface area contributed by atoms with Crippen molar-refractivity contribution in [1.29, 1.82) is 0 Å². The fourth-order valence-electron chi connectivity index (χ4n) is 2.57. The maximum Gasteiger partial charge on any atom is 0.573 e. The molecule has 0 bridgehead atoms. The summed E-state index contributed by atoms with van der Waals surface area (Å²) in [5.41, 5.74) is 0.319. The van der Waals surface area contributed by atoms with Crippen LogP contribution in [0, 0.1) is 5.92 Å². The van der Waals surface area contributed by atoms with Crippen LogP contribution in [0.25, 0.3) is 0 Å². The molecule has 0 atom stereocenters. The lowest BCUT2D eigenvalue weighted by Gasteiger charge is -2.21. The number of hydrogen-bond acceptors (Lipinski definition) is 2. The van der Waals surface area contributed by atoms with E-state index in [0.29, 0.717) is 5.56 Å². The number of ether oxygens (including phenoxy) is 1. The molecule has 1 fully saturated rings. The Bertz CT molecular complexity index is 482. The third-order valence-corrected chi connectivity index (χ3v) is 3.63. The van der Waals surface area contributed by atoms with Gasteiger partial charge in [0.05, 0.1) is 0 Å². The van der Waals surface area contributed by atoms with Crippen LogP contribution in [0.2, 0.25) is 0 Å². The lowest BCUT2D eigenvalue weighted by Crippen LogP contribution is -2.31. The SMILES string of the molecule is O=C(NCc1ccccc1OC(F)(F)F)C1CCCCC1. The molecule has 1 saturated carbocycles. The number of hydrogen-bond donors (Lipinski definition) is 1. The summed E-state index contributed by atoms with van der Waals surface area (Å²) in [6.45, 7) is 0.0432. The number of nitrogens with one attached hydrogen (secondary N) is 1. The first-order chi connectivity index (χ1) is 9.96. The lowest BCUT2D eigenvalue weighted by molar-refractivity contribution is -0.274. The van der Waals surface area contributed by atoms with Gasteiger partial charge in [-0.2, -0.15) is 0 Å². The van der Waals surface area contributed by atoms with Crippen molar-refractivity contribution in [3.8, 4) is 5.75 Å². The Kier molecular flexibility index (Phi) is 5.09. The number of rotatable bonds is 4. The minimum Gasteiger partial charge on any atom is -0.405 e. The third kappa shape index (κ3) is 4.95. The summed E-state index contributed by atoms with van der Waals surface area (Å²) in [4.78, 5) is 12.0. The monoisotopic (exact) mass is 301 g/mol. The highest BCUT2D eigenvalue weighted by molar-refractivity contribution is 5.78. The van der Waals surface area contributed by atoms with Gasteiger partial charge in [0.25, 0.3) is 0 Å². The minimum atomic E-state index is -4.73. The maximum atomic E-state index is 12.3. The van der Waals surface area contributed by atoms with Crippen LogP contribution in [-0.4, -0.2) is 12.3 Å². The molecule has 0 radical (unpaired) electrons. The zero-order valence-corrected chi connectivity index (χ0v) is 11.6. The second-order valence-electron chi connectivity index (χ2n) is 5.21. The predicted molar refractivity (Wildman–Crippen MR) is 71.5 cm³/mol. The van der Waals surface area contributed by atoms with Gasteiger partial charge in [-0.05, 0) is 18.9 Å². The molecule has 1 aromatic carbocycles. The summed E-state index contributed by atoms with van der Waals surface area (Å²) in [5, 5.41) is 2.71. The van der Waals surface area contributed by atoms with Crippen LogP contribution >= 0.6 is 0 Å². The van der Waals surface area contributed by atoms with E-state index in [4.69, 9.17) is 0 Å². The molecule has 3 nitrogen and oxygen atoms in total. The van der Waals surface area contributed by atoms with E-state index in [2.05, 4.69) is 10.1 Å². The summed E-state index contributed by atoms with van der Waals surface area (Å²) in [5.74, 6) is -0.375. The number of carbonyl (C=O) groups excluding carboxylic acids is 1. The van der Waals surface area contributed by atoms with Crippen LogP contribution in [0.1, 0.15) is 37.7 Å². The molecule has 0 spiro atoms. The summed E-state index contributed by atoms with van der Waals surface area (Å²) in [6, 6.07) is 5.84. The lowest BCUT2D eigenvalue weighted by atomic mass is 9.88. The summed E-state index contributed by atoms with van der Waals surface area (Å²) in [6.07, 6.45) is 0.187. The summed E-state index contributed by atoms with van der Waals surface area (Å²) in [7, 11) is 0. The average Bonchev–Trinajstić information content (AvgIpc) is 2.45. The number of carbonyl (C=O) groups is 1. The molecule has 0 aliphatic heterocycles. The Labute approximate surface area is 121 Å². The topological polar surface area (TPSA) is 38.3 Å². The second kappa shape index (κ2) is 6.83. The largest absolute Gasteiger partial charge is 0.573 e. The third-order valence-electron chi connectivity index (χ3n) is 3.63. The fourth-order valence-corrected chi connectivity index (χ4v) is 2.57. The maximum absolute atomic E-state index is 12.3. The number of para-hydroxylation sites is 1. The van der Waals surface area contributed by atoms with Crippen LogP contribution in [0.15, 0.2) is 24.3 Å². The van der Waals surface area contributed by atoms with E-state index >= 15 is 0 Å². The van der Waals surface area contributed by atoms with Gasteiger partial charge in [-0.3, -0.25) is 4.79 Å². The molecule has 1 amide bonds. The van der Waals surface area contributed by atoms with E-state index in [1.165, 1.54) is 18.2 Å². The van der Waals surface area contributed by atoms with Gasteiger partial charge < -0.3 is 10.1 Å². The first-order valence-electron chi connectivity index (χ1n) is 7.07. The first kappa shape index (κ1) is 15.7. The van der Waals surface area contributed by atoms with Crippen molar-refractivity contribution in [2.24, 2.45) is 5.92 Å².